The molecule has 0 saturated heterocycles. The highest BCUT2D eigenvalue weighted by Gasteiger charge is 2.60. The van der Waals surface area contributed by atoms with Crippen LogP contribution in [0.1, 0.15) is 11.4 Å². The Labute approximate surface area is 130 Å². The first kappa shape index (κ1) is 17.6. The van der Waals surface area contributed by atoms with Gasteiger partial charge in [0.05, 0.1) is 0 Å². The van der Waals surface area contributed by atoms with Crippen LogP contribution in [0.5, 0.6) is 0 Å². The number of aromatic nitrogens is 4. The fourth-order valence-electron chi connectivity index (χ4n) is 1.44. The van der Waals surface area contributed by atoms with Gasteiger partial charge < -0.3 is 4.98 Å². The van der Waals surface area contributed by atoms with Gasteiger partial charge in [0.15, 0.2) is 17.3 Å². The smallest absolute Gasteiger partial charge is 0.331 e. The minimum atomic E-state index is -5.92. The molecule has 0 aromatic carbocycles. The van der Waals surface area contributed by atoms with Crippen molar-refractivity contribution in [2.75, 3.05) is 0 Å². The molecular weight excluding hydrogens is 408 g/mol. The average molecular weight is 411 g/mol. The molecule has 2 heterocycles. The number of halogens is 9. The van der Waals surface area contributed by atoms with Crippen LogP contribution in [0.3, 0.4) is 0 Å². The van der Waals surface area contributed by atoms with E-state index in [4.69, 9.17) is 0 Å². The standard InChI is InChI=1S/C10H3BrF8N4/c11-5-4(9(14,15)16)22-7(23-5)6-20-2-1-3(21-6)8(12,13)10(17,18)19/h1-2H,(H,22,23). The number of imidazole rings is 1. The van der Waals surface area contributed by atoms with Gasteiger partial charge >= 0.3 is 18.3 Å². The lowest BCUT2D eigenvalue weighted by molar-refractivity contribution is -0.290. The molecule has 0 atom stereocenters. The fourth-order valence-corrected chi connectivity index (χ4v) is 1.94. The Morgan fingerprint density at radius 2 is 1.57 bits per heavy atom. The SMILES string of the molecule is FC(F)(F)c1[nH]c(-c2nccc(C(F)(F)C(F)(F)F)n2)nc1Br. The topological polar surface area (TPSA) is 54.5 Å². The van der Waals surface area contributed by atoms with E-state index in [1.165, 1.54) is 0 Å². The summed E-state index contributed by atoms with van der Waals surface area (Å²) in [5.41, 5.74) is -3.07. The Morgan fingerprint density at radius 1 is 0.957 bits per heavy atom. The molecule has 4 nitrogen and oxygen atoms in total. The van der Waals surface area contributed by atoms with Gasteiger partial charge in [-0.1, -0.05) is 0 Å². The summed E-state index contributed by atoms with van der Waals surface area (Å²) in [6.07, 6.45) is -10.2. The van der Waals surface area contributed by atoms with E-state index in [1.54, 1.807) is 4.98 Å². The van der Waals surface area contributed by atoms with Crippen molar-refractivity contribution in [1.29, 1.82) is 0 Å². The van der Waals surface area contributed by atoms with Crippen LogP contribution in [0, 0.1) is 0 Å². The summed E-state index contributed by atoms with van der Waals surface area (Å²) in [7, 11) is 0. The summed E-state index contributed by atoms with van der Waals surface area (Å²) in [6, 6.07) is 0.305. The quantitative estimate of drug-likeness (QED) is 0.751. The van der Waals surface area contributed by atoms with Gasteiger partial charge in [0, 0.05) is 6.20 Å². The van der Waals surface area contributed by atoms with Gasteiger partial charge in [-0.15, -0.1) is 0 Å². The highest BCUT2D eigenvalue weighted by atomic mass is 79.9. The zero-order valence-corrected chi connectivity index (χ0v) is 12.0. The van der Waals surface area contributed by atoms with Crippen molar-refractivity contribution in [3.63, 3.8) is 0 Å². The first-order valence-electron chi connectivity index (χ1n) is 5.45. The Bertz CT molecular complexity index is 720. The van der Waals surface area contributed by atoms with Gasteiger partial charge in [0.25, 0.3) is 0 Å². The molecule has 1 N–H and O–H groups in total. The maximum absolute atomic E-state index is 13.2. The summed E-state index contributed by atoms with van der Waals surface area (Å²) in [5, 5.41) is 0. The molecule has 0 aliphatic carbocycles. The van der Waals surface area contributed by atoms with Crippen molar-refractivity contribution in [2.45, 2.75) is 18.3 Å². The molecule has 2 aromatic rings. The van der Waals surface area contributed by atoms with Gasteiger partial charge in [-0.2, -0.15) is 35.1 Å². The van der Waals surface area contributed by atoms with Gasteiger partial charge in [-0.3, -0.25) is 0 Å². The first-order valence-corrected chi connectivity index (χ1v) is 6.24. The number of hydrogen-bond acceptors (Lipinski definition) is 3. The highest BCUT2D eigenvalue weighted by molar-refractivity contribution is 9.10. The van der Waals surface area contributed by atoms with Crippen molar-refractivity contribution in [3.05, 3.63) is 28.3 Å². The maximum atomic E-state index is 13.2. The number of alkyl halides is 8. The molecule has 23 heavy (non-hydrogen) atoms. The van der Waals surface area contributed by atoms with Crippen LogP contribution in [0.25, 0.3) is 11.6 Å². The predicted molar refractivity (Wildman–Crippen MR) is 62.3 cm³/mol. The number of aromatic amines is 1. The largest absolute Gasteiger partial charge is 0.459 e. The molecule has 0 bridgehead atoms. The number of nitrogens with one attached hydrogen (secondary N) is 1. The van der Waals surface area contributed by atoms with Crippen molar-refractivity contribution in [3.8, 4) is 11.6 Å². The van der Waals surface area contributed by atoms with Crippen LogP contribution in [0.4, 0.5) is 35.1 Å². The number of rotatable bonds is 2. The summed E-state index contributed by atoms with van der Waals surface area (Å²) in [5.74, 6) is -6.85. The summed E-state index contributed by atoms with van der Waals surface area (Å²) in [4.78, 5) is 11.3. The van der Waals surface area contributed by atoms with E-state index in [-0.39, 0.29) is 0 Å². The van der Waals surface area contributed by atoms with Gasteiger partial charge in [0.1, 0.15) is 10.3 Å². The highest BCUT2D eigenvalue weighted by Crippen LogP contribution is 2.43. The molecule has 0 saturated carbocycles. The van der Waals surface area contributed by atoms with Crippen LogP contribution in [0.15, 0.2) is 16.9 Å². The lowest BCUT2D eigenvalue weighted by Gasteiger charge is -2.18. The van der Waals surface area contributed by atoms with Crippen LogP contribution in [-0.4, -0.2) is 26.1 Å². The van der Waals surface area contributed by atoms with E-state index in [9.17, 15) is 35.1 Å². The van der Waals surface area contributed by atoms with E-state index in [2.05, 4.69) is 30.9 Å². The van der Waals surface area contributed by atoms with Crippen molar-refractivity contribution >= 4 is 15.9 Å². The van der Waals surface area contributed by atoms with E-state index >= 15 is 0 Å². The lowest BCUT2D eigenvalue weighted by Crippen LogP contribution is -2.34. The molecule has 0 spiro atoms. The monoisotopic (exact) mass is 410 g/mol. The molecule has 2 rings (SSSR count). The van der Waals surface area contributed by atoms with E-state index in [0.717, 1.165) is 0 Å². The maximum Gasteiger partial charge on any atom is 0.459 e. The molecule has 2 aromatic heterocycles. The molecule has 126 valence electrons. The third kappa shape index (κ3) is 3.28. The minimum absolute atomic E-state index is 0.305. The van der Waals surface area contributed by atoms with Crippen LogP contribution in [0.2, 0.25) is 0 Å². The molecule has 0 fully saturated rings. The minimum Gasteiger partial charge on any atom is -0.331 e. The lowest BCUT2D eigenvalue weighted by atomic mass is 10.2. The fraction of sp³-hybridized carbons (Fsp3) is 0.300. The Kier molecular flexibility index (Phi) is 4.11. The second-order valence-corrected chi connectivity index (χ2v) is 4.84. The summed E-state index contributed by atoms with van der Waals surface area (Å²) < 4.78 is 100. The van der Waals surface area contributed by atoms with E-state index in [1.807, 2.05) is 0 Å². The zero-order valence-electron chi connectivity index (χ0n) is 10.4. The Hall–Kier alpha value is -1.79. The molecular formula is C10H3BrF8N4. The van der Waals surface area contributed by atoms with Gasteiger partial charge in [-0.05, 0) is 22.0 Å². The molecule has 0 aliphatic heterocycles. The zero-order chi connectivity index (χ0) is 17.6. The van der Waals surface area contributed by atoms with Gasteiger partial charge in [-0.25, -0.2) is 15.0 Å². The number of hydrogen-bond donors (Lipinski definition) is 1. The van der Waals surface area contributed by atoms with Gasteiger partial charge in [0.2, 0.25) is 0 Å². The second-order valence-electron chi connectivity index (χ2n) is 4.09. The summed E-state index contributed by atoms with van der Waals surface area (Å²) >= 11 is 2.49. The normalized spacial score (nSPS) is 13.4. The second kappa shape index (κ2) is 5.39. The van der Waals surface area contributed by atoms with Crippen molar-refractivity contribution < 1.29 is 35.1 Å². The van der Waals surface area contributed by atoms with E-state index < -0.39 is 45.9 Å². The average Bonchev–Trinajstić information content (AvgIpc) is 2.80. The molecule has 0 unspecified atom stereocenters. The number of nitrogens with zero attached hydrogens (tertiary/aromatic N) is 3. The molecule has 0 aliphatic rings. The Morgan fingerprint density at radius 3 is 2.04 bits per heavy atom. The molecule has 13 heteroatoms. The van der Waals surface area contributed by atoms with E-state index in [0.29, 0.717) is 12.3 Å². The third-order valence-corrected chi connectivity index (χ3v) is 3.06. The van der Waals surface area contributed by atoms with Crippen LogP contribution < -0.4 is 0 Å². The van der Waals surface area contributed by atoms with Crippen molar-refractivity contribution in [2.24, 2.45) is 0 Å². The third-order valence-electron chi connectivity index (χ3n) is 2.49. The predicted octanol–water partition coefficient (Wildman–Crippen LogP) is 4.30. The molecule has 0 radical (unpaired) electrons. The van der Waals surface area contributed by atoms with Crippen LogP contribution in [-0.2, 0) is 12.1 Å². The van der Waals surface area contributed by atoms with Crippen LogP contribution >= 0.6 is 15.9 Å². The molecule has 0 amide bonds. The number of H-pyrrole nitrogens is 1. The Balaban J connectivity index is 2.50. The first-order chi connectivity index (χ1) is 10.3. The summed E-state index contributed by atoms with van der Waals surface area (Å²) in [6.45, 7) is 0. The van der Waals surface area contributed by atoms with Crippen molar-refractivity contribution in [1.82, 2.24) is 19.9 Å².